The van der Waals surface area contributed by atoms with Gasteiger partial charge in [-0.2, -0.15) is 5.10 Å². The first-order valence-electron chi connectivity index (χ1n) is 8.62. The summed E-state index contributed by atoms with van der Waals surface area (Å²) in [6.07, 6.45) is 1.64. The molecule has 3 heterocycles. The van der Waals surface area contributed by atoms with Gasteiger partial charge in [-0.3, -0.25) is 4.79 Å². The highest BCUT2D eigenvalue weighted by molar-refractivity contribution is 7.13. The molecule has 0 aliphatic rings. The molecule has 5 nitrogen and oxygen atoms in total. The molecule has 1 aromatic carbocycles. The van der Waals surface area contributed by atoms with E-state index in [2.05, 4.69) is 10.4 Å². The molecule has 0 fully saturated rings. The molecule has 0 saturated carbocycles. The maximum Gasteiger partial charge on any atom is 0.256 e. The molecule has 8 heteroatoms. The number of benzene rings is 1. The monoisotopic (exact) mass is 414 g/mol. The Morgan fingerprint density at radius 2 is 2.11 bits per heavy atom. The Labute approximate surface area is 169 Å². The largest absolute Gasteiger partial charge is 0.321 e. The molecule has 142 valence electrons. The number of fused-ring (bicyclic) bond motifs is 1. The van der Waals surface area contributed by atoms with Gasteiger partial charge in [-0.05, 0) is 49.6 Å². The van der Waals surface area contributed by atoms with Gasteiger partial charge in [0.25, 0.3) is 5.91 Å². The Balaban J connectivity index is 1.83. The van der Waals surface area contributed by atoms with Gasteiger partial charge < -0.3 is 5.32 Å². The molecular formula is C20H16ClFN4OS. The highest BCUT2D eigenvalue weighted by Crippen LogP contribution is 2.30. The Bertz CT molecular complexity index is 1170. The predicted octanol–water partition coefficient (Wildman–Crippen LogP) is 5.79. The minimum Gasteiger partial charge on any atom is -0.321 e. The van der Waals surface area contributed by atoms with Gasteiger partial charge in [0.15, 0.2) is 5.65 Å². The van der Waals surface area contributed by atoms with Crippen molar-refractivity contribution in [3.63, 3.8) is 0 Å². The third-order valence-electron chi connectivity index (χ3n) is 4.25. The standard InChI is InChI=1S/C20H16ClFN4OS/c1-11(2)26-19-14(10-23-26)13(9-17(24-19)18-4-3-7-28-18)20(27)25-16-6-5-12(22)8-15(16)21/h3-11H,1-2H3,(H,25,27). The minimum absolute atomic E-state index is 0.0889. The van der Waals surface area contributed by atoms with Crippen LogP contribution in [0, 0.1) is 5.82 Å². The Morgan fingerprint density at radius 3 is 2.79 bits per heavy atom. The number of aromatic nitrogens is 3. The van der Waals surface area contributed by atoms with Crippen molar-refractivity contribution in [3.8, 4) is 10.6 Å². The summed E-state index contributed by atoms with van der Waals surface area (Å²) in [6.45, 7) is 4.01. The summed E-state index contributed by atoms with van der Waals surface area (Å²) in [6, 6.07) is 9.56. The molecule has 4 aromatic rings. The van der Waals surface area contributed by atoms with E-state index in [1.165, 1.54) is 12.1 Å². The molecule has 1 amide bonds. The zero-order chi connectivity index (χ0) is 19.8. The second-order valence-electron chi connectivity index (χ2n) is 6.53. The van der Waals surface area contributed by atoms with Crippen molar-refractivity contribution in [2.24, 2.45) is 0 Å². The van der Waals surface area contributed by atoms with Gasteiger partial charge in [-0.15, -0.1) is 11.3 Å². The number of hydrogen-bond acceptors (Lipinski definition) is 4. The highest BCUT2D eigenvalue weighted by Gasteiger charge is 2.19. The van der Waals surface area contributed by atoms with Crippen LogP contribution in [0.4, 0.5) is 10.1 Å². The van der Waals surface area contributed by atoms with E-state index >= 15 is 0 Å². The van der Waals surface area contributed by atoms with Gasteiger partial charge >= 0.3 is 0 Å². The lowest BCUT2D eigenvalue weighted by Crippen LogP contribution is -2.13. The van der Waals surface area contributed by atoms with Crippen LogP contribution in [0.15, 0.2) is 48.0 Å². The number of hydrogen-bond donors (Lipinski definition) is 1. The van der Waals surface area contributed by atoms with Crippen molar-refractivity contribution in [1.82, 2.24) is 14.8 Å². The number of nitrogens with zero attached hydrogens (tertiary/aromatic N) is 3. The van der Waals surface area contributed by atoms with Crippen molar-refractivity contribution in [2.75, 3.05) is 5.32 Å². The second-order valence-corrected chi connectivity index (χ2v) is 7.89. The number of thiophene rings is 1. The van der Waals surface area contributed by atoms with Crippen molar-refractivity contribution in [1.29, 1.82) is 0 Å². The Hall–Kier alpha value is -2.77. The van der Waals surface area contributed by atoms with Gasteiger partial charge in [0.05, 0.1) is 38.4 Å². The third-order valence-corrected chi connectivity index (χ3v) is 5.46. The van der Waals surface area contributed by atoms with E-state index in [4.69, 9.17) is 16.6 Å². The van der Waals surface area contributed by atoms with Gasteiger partial charge in [-0.1, -0.05) is 17.7 Å². The molecule has 0 saturated heterocycles. The summed E-state index contributed by atoms with van der Waals surface area (Å²) in [5.41, 5.74) is 2.10. The quantitative estimate of drug-likeness (QED) is 0.460. The maximum absolute atomic E-state index is 13.3. The van der Waals surface area contributed by atoms with Crippen LogP contribution in [0.5, 0.6) is 0 Å². The van der Waals surface area contributed by atoms with Crippen LogP contribution in [0.25, 0.3) is 21.6 Å². The summed E-state index contributed by atoms with van der Waals surface area (Å²) in [5, 5.41) is 9.89. The molecule has 0 radical (unpaired) electrons. The number of anilines is 1. The minimum atomic E-state index is -0.465. The number of halogens is 2. The van der Waals surface area contributed by atoms with Gasteiger partial charge in [0.2, 0.25) is 0 Å². The lowest BCUT2D eigenvalue weighted by molar-refractivity contribution is 0.102. The first-order valence-corrected chi connectivity index (χ1v) is 9.88. The van der Waals surface area contributed by atoms with Crippen molar-refractivity contribution in [3.05, 3.63) is 64.4 Å². The van der Waals surface area contributed by atoms with Gasteiger partial charge in [-0.25, -0.2) is 14.1 Å². The fraction of sp³-hybridized carbons (Fsp3) is 0.150. The highest BCUT2D eigenvalue weighted by atomic mass is 35.5. The fourth-order valence-corrected chi connectivity index (χ4v) is 3.82. The zero-order valence-electron chi connectivity index (χ0n) is 15.1. The molecule has 3 aromatic heterocycles. The third kappa shape index (κ3) is 3.39. The zero-order valence-corrected chi connectivity index (χ0v) is 16.7. The summed E-state index contributed by atoms with van der Waals surface area (Å²) < 4.78 is 15.1. The molecule has 0 bridgehead atoms. The second kappa shape index (κ2) is 7.33. The molecule has 0 atom stereocenters. The summed E-state index contributed by atoms with van der Waals surface area (Å²) >= 11 is 7.60. The summed E-state index contributed by atoms with van der Waals surface area (Å²) in [4.78, 5) is 18.7. The van der Waals surface area contributed by atoms with Crippen LogP contribution in [-0.4, -0.2) is 20.7 Å². The maximum atomic E-state index is 13.3. The van der Waals surface area contributed by atoms with E-state index in [9.17, 15) is 9.18 Å². The van der Waals surface area contributed by atoms with Crippen LogP contribution < -0.4 is 5.32 Å². The SMILES string of the molecule is CC(C)n1ncc2c(C(=O)Nc3ccc(F)cc3Cl)cc(-c3cccs3)nc21. The van der Waals surface area contributed by atoms with E-state index in [1.807, 2.05) is 31.4 Å². The lowest BCUT2D eigenvalue weighted by Gasteiger charge is -2.11. The molecule has 0 spiro atoms. The molecule has 0 aliphatic carbocycles. The summed E-state index contributed by atoms with van der Waals surface area (Å²) in [7, 11) is 0. The molecule has 0 unspecified atom stereocenters. The average molecular weight is 415 g/mol. The van der Waals surface area contributed by atoms with Crippen LogP contribution in [0.2, 0.25) is 5.02 Å². The molecule has 4 rings (SSSR count). The summed E-state index contributed by atoms with van der Waals surface area (Å²) in [5.74, 6) is -0.825. The number of rotatable bonds is 4. The molecular weight excluding hydrogens is 399 g/mol. The molecule has 1 N–H and O–H groups in total. The number of carbonyl (C=O) groups is 1. The van der Waals surface area contributed by atoms with Crippen LogP contribution in [0.1, 0.15) is 30.2 Å². The number of amides is 1. The Kier molecular flexibility index (Phi) is 4.87. The van der Waals surface area contributed by atoms with E-state index in [0.717, 1.165) is 10.9 Å². The lowest BCUT2D eigenvalue weighted by atomic mass is 10.1. The normalized spacial score (nSPS) is 11.3. The number of pyridine rings is 1. The van der Waals surface area contributed by atoms with Gasteiger partial charge in [0, 0.05) is 6.04 Å². The van der Waals surface area contributed by atoms with E-state index in [0.29, 0.717) is 28.0 Å². The van der Waals surface area contributed by atoms with Crippen molar-refractivity contribution in [2.45, 2.75) is 19.9 Å². The van der Waals surface area contributed by atoms with Gasteiger partial charge in [0.1, 0.15) is 5.82 Å². The smallest absolute Gasteiger partial charge is 0.256 e. The first kappa shape index (κ1) is 18.6. The predicted molar refractivity (Wildman–Crippen MR) is 111 cm³/mol. The van der Waals surface area contributed by atoms with Crippen LogP contribution >= 0.6 is 22.9 Å². The van der Waals surface area contributed by atoms with Crippen LogP contribution in [-0.2, 0) is 0 Å². The fourth-order valence-electron chi connectivity index (χ4n) is 2.91. The average Bonchev–Trinajstić information content (AvgIpc) is 3.32. The topological polar surface area (TPSA) is 59.8 Å². The molecule has 28 heavy (non-hydrogen) atoms. The van der Waals surface area contributed by atoms with Crippen molar-refractivity contribution >= 4 is 45.6 Å². The van der Waals surface area contributed by atoms with E-state index < -0.39 is 5.82 Å². The number of carbonyl (C=O) groups excluding carboxylic acids is 1. The van der Waals surface area contributed by atoms with Crippen LogP contribution in [0.3, 0.4) is 0 Å². The Morgan fingerprint density at radius 1 is 1.29 bits per heavy atom. The molecule has 0 aliphatic heterocycles. The van der Waals surface area contributed by atoms with E-state index in [-0.39, 0.29) is 17.0 Å². The first-order chi connectivity index (χ1) is 13.4. The van der Waals surface area contributed by atoms with E-state index in [1.54, 1.807) is 28.3 Å². The number of nitrogens with one attached hydrogen (secondary N) is 1. The van der Waals surface area contributed by atoms with Crippen molar-refractivity contribution < 1.29 is 9.18 Å².